The minimum absolute atomic E-state index is 0.0195. The van der Waals surface area contributed by atoms with E-state index in [4.69, 9.17) is 15.2 Å². The molecule has 4 aromatic rings. The first kappa shape index (κ1) is 24.6. The second-order valence-corrected chi connectivity index (χ2v) is 8.37. The van der Waals surface area contributed by atoms with E-state index in [2.05, 4.69) is 15.4 Å². The van der Waals surface area contributed by atoms with E-state index in [1.54, 1.807) is 6.07 Å². The van der Waals surface area contributed by atoms with Gasteiger partial charge in [-0.2, -0.15) is 5.10 Å². The summed E-state index contributed by atoms with van der Waals surface area (Å²) in [5.74, 6) is -5.01. The number of pyridine rings is 1. The first-order valence-electron chi connectivity index (χ1n) is 11.5. The van der Waals surface area contributed by atoms with Crippen LogP contribution in [0.1, 0.15) is 15.9 Å². The summed E-state index contributed by atoms with van der Waals surface area (Å²) in [5.41, 5.74) is 6.21. The van der Waals surface area contributed by atoms with Crippen molar-refractivity contribution >= 4 is 11.8 Å². The fraction of sp³-hybridized carbons (Fsp3) is 0.111. The van der Waals surface area contributed by atoms with Gasteiger partial charge in [-0.15, -0.1) is 0 Å². The van der Waals surface area contributed by atoms with Gasteiger partial charge in [0, 0.05) is 18.8 Å². The highest BCUT2D eigenvalue weighted by atomic mass is 19.1. The Balaban J connectivity index is 1.48. The van der Waals surface area contributed by atoms with E-state index in [0.717, 1.165) is 17.7 Å². The molecule has 0 fully saturated rings. The Hall–Kier alpha value is -5.06. The van der Waals surface area contributed by atoms with Gasteiger partial charge in [0.05, 0.1) is 16.8 Å². The van der Waals surface area contributed by atoms with Gasteiger partial charge in [-0.25, -0.2) is 18.4 Å². The van der Waals surface area contributed by atoms with Crippen molar-refractivity contribution in [3.8, 4) is 17.1 Å². The van der Waals surface area contributed by atoms with Gasteiger partial charge >= 0.3 is 11.7 Å². The maximum absolute atomic E-state index is 14.3. The van der Waals surface area contributed by atoms with Crippen molar-refractivity contribution in [2.45, 2.75) is 18.2 Å². The average Bonchev–Trinajstić information content (AvgIpc) is 3.60. The smallest absolute Gasteiger partial charge is 0.352 e. The van der Waals surface area contributed by atoms with Crippen molar-refractivity contribution in [3.05, 3.63) is 114 Å². The molecule has 11 heteroatoms. The predicted molar refractivity (Wildman–Crippen MR) is 131 cm³/mol. The molecule has 0 spiro atoms. The van der Waals surface area contributed by atoms with Gasteiger partial charge in [0.25, 0.3) is 5.91 Å². The summed E-state index contributed by atoms with van der Waals surface area (Å²) in [6, 6.07) is 16.0. The maximum atomic E-state index is 14.3. The van der Waals surface area contributed by atoms with E-state index in [-0.39, 0.29) is 29.1 Å². The molecule has 3 heterocycles. The highest BCUT2D eigenvalue weighted by molar-refractivity contribution is 5.98. The van der Waals surface area contributed by atoms with Crippen molar-refractivity contribution in [3.63, 3.8) is 0 Å². The van der Waals surface area contributed by atoms with Crippen LogP contribution in [0.4, 0.5) is 8.78 Å². The summed E-state index contributed by atoms with van der Waals surface area (Å²) in [4.78, 5) is 30.2. The molecule has 38 heavy (non-hydrogen) atoms. The molecule has 0 bridgehead atoms. The Bertz CT molecular complexity index is 1490. The first-order chi connectivity index (χ1) is 18.4. The van der Waals surface area contributed by atoms with E-state index in [0.29, 0.717) is 0 Å². The number of aromatic nitrogens is 3. The fourth-order valence-electron chi connectivity index (χ4n) is 4.18. The number of ether oxygens (including phenoxy) is 2. The third kappa shape index (κ3) is 4.57. The summed E-state index contributed by atoms with van der Waals surface area (Å²) >= 11 is 0. The zero-order chi connectivity index (χ0) is 26.7. The topological polar surface area (TPSA) is 121 Å². The van der Waals surface area contributed by atoms with Crippen molar-refractivity contribution in [1.82, 2.24) is 20.1 Å². The second kappa shape index (κ2) is 10.1. The molecule has 3 N–H and O–H groups in total. The van der Waals surface area contributed by atoms with Crippen LogP contribution in [0.25, 0.3) is 17.1 Å². The number of amides is 2. The molecule has 1 atom stereocenters. The Labute approximate surface area is 215 Å². The third-order valence-electron chi connectivity index (χ3n) is 5.99. The van der Waals surface area contributed by atoms with Crippen LogP contribution in [-0.4, -0.2) is 38.4 Å². The number of nitrogens with zero attached hydrogens (tertiary/aromatic N) is 3. The Morgan fingerprint density at radius 2 is 1.68 bits per heavy atom. The van der Waals surface area contributed by atoms with Crippen molar-refractivity contribution in [1.29, 1.82) is 0 Å². The standard InChI is InChI=1S/C27H21F2N5O4/c28-19-9-4-10-20(29)23(19)21-11-13-34(33-21)24-18(8-5-12-31-24)25(35)32-22(16-17-6-2-1-3-7-17)27(26(30)36)37-14-15-38-27/h1-15,22H,16H2,(H2,30,36)(H,32,35). The van der Waals surface area contributed by atoms with Crippen molar-refractivity contribution in [2.24, 2.45) is 5.73 Å². The van der Waals surface area contributed by atoms with Crippen LogP contribution >= 0.6 is 0 Å². The van der Waals surface area contributed by atoms with Gasteiger partial charge in [0.15, 0.2) is 5.82 Å². The number of rotatable bonds is 8. The lowest BCUT2D eigenvalue weighted by molar-refractivity contribution is -0.182. The average molecular weight is 517 g/mol. The third-order valence-corrected chi connectivity index (χ3v) is 5.99. The quantitative estimate of drug-likeness (QED) is 0.370. The van der Waals surface area contributed by atoms with Crippen LogP contribution in [0.15, 0.2) is 91.6 Å². The van der Waals surface area contributed by atoms with Crippen molar-refractivity contribution in [2.75, 3.05) is 0 Å². The number of primary amides is 1. The Morgan fingerprint density at radius 1 is 0.974 bits per heavy atom. The molecular weight excluding hydrogens is 496 g/mol. The van der Waals surface area contributed by atoms with E-state index in [1.807, 2.05) is 30.3 Å². The molecule has 0 saturated heterocycles. The SMILES string of the molecule is NC(=O)C1(C(Cc2ccccc2)NC(=O)c2cccnc2-n2ccc(-c3c(F)cccc3F)n2)OC=CO1. The molecule has 0 radical (unpaired) electrons. The van der Waals surface area contributed by atoms with E-state index < -0.39 is 35.3 Å². The van der Waals surface area contributed by atoms with E-state index >= 15 is 0 Å². The summed E-state index contributed by atoms with van der Waals surface area (Å²) < 4.78 is 40.7. The number of carbonyl (C=O) groups is 2. The lowest BCUT2D eigenvalue weighted by atomic mass is 9.97. The maximum Gasteiger partial charge on any atom is 0.352 e. The molecule has 2 amide bonds. The van der Waals surface area contributed by atoms with Gasteiger partial charge < -0.3 is 20.5 Å². The summed E-state index contributed by atoms with van der Waals surface area (Å²) in [5, 5.41) is 7.02. The van der Waals surface area contributed by atoms with Gasteiger partial charge in [0.2, 0.25) is 0 Å². The van der Waals surface area contributed by atoms with Crippen LogP contribution in [0.2, 0.25) is 0 Å². The monoisotopic (exact) mass is 517 g/mol. The molecule has 5 rings (SSSR count). The number of nitrogens with two attached hydrogens (primary N) is 1. The minimum Gasteiger partial charge on any atom is -0.447 e. The molecule has 1 aliphatic heterocycles. The van der Waals surface area contributed by atoms with Crippen LogP contribution in [0.3, 0.4) is 0 Å². The van der Waals surface area contributed by atoms with E-state index in [1.165, 1.54) is 47.8 Å². The second-order valence-electron chi connectivity index (χ2n) is 8.37. The van der Waals surface area contributed by atoms with Crippen LogP contribution in [-0.2, 0) is 20.7 Å². The van der Waals surface area contributed by atoms with E-state index in [9.17, 15) is 18.4 Å². The number of hydrogen-bond acceptors (Lipinski definition) is 6. The molecule has 1 unspecified atom stereocenters. The van der Waals surface area contributed by atoms with Crippen molar-refractivity contribution < 1.29 is 27.8 Å². The molecule has 0 saturated carbocycles. The number of halogens is 2. The zero-order valence-corrected chi connectivity index (χ0v) is 19.8. The lowest BCUT2D eigenvalue weighted by Crippen LogP contribution is -2.61. The predicted octanol–water partition coefficient (Wildman–Crippen LogP) is 3.25. The lowest BCUT2D eigenvalue weighted by Gasteiger charge is -2.33. The summed E-state index contributed by atoms with van der Waals surface area (Å²) in [6.07, 6.45) is 5.37. The van der Waals surface area contributed by atoms with Gasteiger partial charge in [-0.3, -0.25) is 9.59 Å². The normalized spacial score (nSPS) is 14.4. The molecule has 0 aliphatic carbocycles. The van der Waals surface area contributed by atoms with Crippen LogP contribution < -0.4 is 11.1 Å². The zero-order valence-electron chi connectivity index (χ0n) is 19.8. The minimum atomic E-state index is -1.98. The van der Waals surface area contributed by atoms with Gasteiger partial charge in [-0.05, 0) is 35.9 Å². The number of benzene rings is 2. The van der Waals surface area contributed by atoms with Gasteiger partial charge in [-0.1, -0.05) is 36.4 Å². The molecule has 2 aromatic carbocycles. The number of carbonyl (C=O) groups excluding carboxylic acids is 2. The Kier molecular flexibility index (Phi) is 6.56. The van der Waals surface area contributed by atoms with Crippen LogP contribution in [0, 0.1) is 11.6 Å². The Morgan fingerprint density at radius 3 is 2.37 bits per heavy atom. The summed E-state index contributed by atoms with van der Waals surface area (Å²) in [6.45, 7) is 0. The first-order valence-corrected chi connectivity index (χ1v) is 11.5. The van der Waals surface area contributed by atoms with Crippen LogP contribution in [0.5, 0.6) is 0 Å². The highest BCUT2D eigenvalue weighted by Crippen LogP contribution is 2.28. The fourth-order valence-corrected chi connectivity index (χ4v) is 4.18. The largest absolute Gasteiger partial charge is 0.447 e. The summed E-state index contributed by atoms with van der Waals surface area (Å²) in [7, 11) is 0. The van der Waals surface area contributed by atoms with Gasteiger partial charge in [0.1, 0.15) is 30.2 Å². The number of nitrogens with one attached hydrogen (secondary N) is 1. The highest BCUT2D eigenvalue weighted by Gasteiger charge is 2.51. The number of hydrogen-bond donors (Lipinski definition) is 2. The molecule has 1 aliphatic rings. The molecule has 192 valence electrons. The molecular formula is C27H21F2N5O4. The molecule has 2 aromatic heterocycles. The molecule has 9 nitrogen and oxygen atoms in total.